The quantitative estimate of drug-likeness (QED) is 0.673. The summed E-state index contributed by atoms with van der Waals surface area (Å²) in [5, 5.41) is 5.05. The van der Waals surface area contributed by atoms with Crippen LogP contribution in [-0.4, -0.2) is 49.7 Å². The summed E-state index contributed by atoms with van der Waals surface area (Å²) in [5.41, 5.74) is -1.57. The smallest absolute Gasteiger partial charge is 0.421 e. The van der Waals surface area contributed by atoms with Gasteiger partial charge in [0.15, 0.2) is 0 Å². The second kappa shape index (κ2) is 10.3. The molecule has 10 heteroatoms. The number of carbonyl (C=O) groups is 2. The van der Waals surface area contributed by atoms with Crippen LogP contribution in [0.2, 0.25) is 0 Å². The van der Waals surface area contributed by atoms with E-state index in [1.165, 1.54) is 7.05 Å². The second-order valence-electron chi connectivity index (χ2n) is 8.82. The largest absolute Gasteiger partial charge is 0.477 e. The highest BCUT2D eigenvalue weighted by Crippen LogP contribution is 2.35. The summed E-state index contributed by atoms with van der Waals surface area (Å²) >= 11 is 0. The number of ether oxygens (including phenoxy) is 2. The van der Waals surface area contributed by atoms with Gasteiger partial charge in [-0.3, -0.25) is 9.59 Å². The van der Waals surface area contributed by atoms with Crippen LogP contribution in [0.1, 0.15) is 56.1 Å². The molecule has 174 valence electrons. The number of nitrogens with zero attached hydrogens (tertiary/aromatic N) is 1. The standard InChI is InChI=1S/C21H30F3N3O4/c1-20(2,3)11-16(17(28)25-4)26-18(29)15-6-5-14(21(22,23)24)19(27-15)31-12-13-7-9-30-10-8-13/h5-6,13,16H,7-12H2,1-4H3,(H,25,28)(H,26,29). The van der Waals surface area contributed by atoms with Crippen molar-refractivity contribution >= 4 is 11.8 Å². The molecule has 7 nitrogen and oxygen atoms in total. The molecule has 2 rings (SSSR count). The van der Waals surface area contributed by atoms with E-state index in [0.29, 0.717) is 32.5 Å². The van der Waals surface area contributed by atoms with Crippen molar-refractivity contribution < 1.29 is 32.2 Å². The van der Waals surface area contributed by atoms with Crippen LogP contribution in [0.3, 0.4) is 0 Å². The Balaban J connectivity index is 2.22. The van der Waals surface area contributed by atoms with Crippen molar-refractivity contribution in [1.82, 2.24) is 15.6 Å². The molecule has 2 amide bonds. The minimum atomic E-state index is -4.68. The molecule has 0 spiro atoms. The predicted octanol–water partition coefficient (Wildman–Crippen LogP) is 3.19. The van der Waals surface area contributed by atoms with Crippen molar-refractivity contribution in [2.24, 2.45) is 11.3 Å². The molecule has 31 heavy (non-hydrogen) atoms. The third-order valence-electron chi connectivity index (χ3n) is 4.88. The first-order chi connectivity index (χ1) is 14.4. The Morgan fingerprint density at radius 3 is 2.42 bits per heavy atom. The second-order valence-corrected chi connectivity index (χ2v) is 8.82. The molecule has 1 unspecified atom stereocenters. The number of aromatic nitrogens is 1. The molecule has 1 saturated heterocycles. The normalized spacial score (nSPS) is 16.5. The fraction of sp³-hybridized carbons (Fsp3) is 0.667. The van der Waals surface area contributed by atoms with Gasteiger partial charge in [0.05, 0.1) is 6.61 Å². The van der Waals surface area contributed by atoms with E-state index in [-0.39, 0.29) is 23.6 Å². The summed E-state index contributed by atoms with van der Waals surface area (Å²) in [5.74, 6) is -1.73. The summed E-state index contributed by atoms with van der Waals surface area (Å²) < 4.78 is 50.8. The Bertz CT molecular complexity index is 772. The highest BCUT2D eigenvalue weighted by Gasteiger charge is 2.36. The zero-order valence-electron chi connectivity index (χ0n) is 18.3. The molecule has 2 N–H and O–H groups in total. The van der Waals surface area contributed by atoms with Crippen molar-refractivity contribution in [3.63, 3.8) is 0 Å². The van der Waals surface area contributed by atoms with Crippen LogP contribution in [0.5, 0.6) is 5.88 Å². The predicted molar refractivity (Wildman–Crippen MR) is 108 cm³/mol. The Hall–Kier alpha value is -2.36. The SMILES string of the molecule is CNC(=O)C(CC(C)(C)C)NC(=O)c1ccc(C(F)(F)F)c(OCC2CCOCC2)n1. The number of amides is 2. The highest BCUT2D eigenvalue weighted by atomic mass is 19.4. The van der Waals surface area contributed by atoms with Gasteiger partial charge in [0.2, 0.25) is 11.8 Å². The Morgan fingerprint density at radius 2 is 1.87 bits per heavy atom. The van der Waals surface area contributed by atoms with Crippen LogP contribution in [0.15, 0.2) is 12.1 Å². The lowest BCUT2D eigenvalue weighted by Gasteiger charge is -2.25. The molecule has 0 saturated carbocycles. The zero-order valence-corrected chi connectivity index (χ0v) is 18.3. The van der Waals surface area contributed by atoms with Gasteiger partial charge in [-0.15, -0.1) is 0 Å². The number of pyridine rings is 1. The average molecular weight is 445 g/mol. The summed E-state index contributed by atoms with van der Waals surface area (Å²) in [6.07, 6.45) is -2.97. The maximum Gasteiger partial charge on any atom is 0.421 e. The number of nitrogens with one attached hydrogen (secondary N) is 2. The molecule has 2 heterocycles. The Labute approximate surface area is 180 Å². The molecule has 1 aliphatic rings. The van der Waals surface area contributed by atoms with E-state index in [0.717, 1.165) is 12.1 Å². The van der Waals surface area contributed by atoms with E-state index in [1.807, 2.05) is 20.8 Å². The van der Waals surface area contributed by atoms with Gasteiger partial charge in [-0.1, -0.05) is 20.8 Å². The van der Waals surface area contributed by atoms with Crippen LogP contribution < -0.4 is 15.4 Å². The number of hydrogen-bond donors (Lipinski definition) is 2. The maximum atomic E-state index is 13.4. The Kier molecular flexibility index (Phi) is 8.27. The fourth-order valence-corrected chi connectivity index (χ4v) is 3.23. The lowest BCUT2D eigenvalue weighted by Crippen LogP contribution is -2.47. The molecule has 1 aliphatic heterocycles. The molecule has 1 atom stereocenters. The topological polar surface area (TPSA) is 89.6 Å². The summed E-state index contributed by atoms with van der Waals surface area (Å²) in [7, 11) is 1.45. The minimum Gasteiger partial charge on any atom is -0.477 e. The van der Waals surface area contributed by atoms with Gasteiger partial charge in [-0.05, 0) is 42.7 Å². The van der Waals surface area contributed by atoms with Gasteiger partial charge in [-0.2, -0.15) is 13.2 Å². The number of alkyl halides is 3. The van der Waals surface area contributed by atoms with Gasteiger partial charge < -0.3 is 20.1 Å². The highest BCUT2D eigenvalue weighted by molar-refractivity contribution is 5.96. The summed E-state index contributed by atoms with van der Waals surface area (Å²) in [6, 6.07) is 0.908. The minimum absolute atomic E-state index is 0.0510. The number of rotatable bonds is 7. The van der Waals surface area contributed by atoms with Crippen LogP contribution >= 0.6 is 0 Å². The maximum absolute atomic E-state index is 13.4. The van der Waals surface area contributed by atoms with Crippen molar-refractivity contribution in [2.45, 2.75) is 52.3 Å². The third kappa shape index (κ3) is 7.68. The number of carbonyl (C=O) groups excluding carboxylic acids is 2. The van der Waals surface area contributed by atoms with E-state index in [1.54, 1.807) is 0 Å². The van der Waals surface area contributed by atoms with E-state index in [2.05, 4.69) is 15.6 Å². The zero-order chi connectivity index (χ0) is 23.2. The lowest BCUT2D eigenvalue weighted by molar-refractivity contribution is -0.139. The van der Waals surface area contributed by atoms with E-state index < -0.39 is 35.5 Å². The third-order valence-corrected chi connectivity index (χ3v) is 4.88. The average Bonchev–Trinajstić information content (AvgIpc) is 2.70. The molecule has 0 radical (unpaired) electrons. The van der Waals surface area contributed by atoms with Crippen LogP contribution in [0.4, 0.5) is 13.2 Å². The van der Waals surface area contributed by atoms with E-state index in [9.17, 15) is 22.8 Å². The fourth-order valence-electron chi connectivity index (χ4n) is 3.23. The molecule has 1 fully saturated rings. The molecular weight excluding hydrogens is 415 g/mol. The van der Waals surface area contributed by atoms with Gasteiger partial charge in [0.25, 0.3) is 5.91 Å². The van der Waals surface area contributed by atoms with Gasteiger partial charge >= 0.3 is 6.18 Å². The molecule has 0 bridgehead atoms. The monoisotopic (exact) mass is 445 g/mol. The number of halogens is 3. The first-order valence-electron chi connectivity index (χ1n) is 10.2. The first kappa shape index (κ1) is 24.9. The first-order valence-corrected chi connectivity index (χ1v) is 10.2. The lowest BCUT2D eigenvalue weighted by atomic mass is 9.87. The van der Waals surface area contributed by atoms with Gasteiger partial charge in [-0.25, -0.2) is 4.98 Å². The van der Waals surface area contributed by atoms with Crippen LogP contribution in [-0.2, 0) is 15.7 Å². The van der Waals surface area contributed by atoms with Gasteiger partial charge in [0.1, 0.15) is 17.3 Å². The Morgan fingerprint density at radius 1 is 1.23 bits per heavy atom. The van der Waals surface area contributed by atoms with Crippen LogP contribution in [0.25, 0.3) is 0 Å². The molecule has 1 aromatic rings. The van der Waals surface area contributed by atoms with Gasteiger partial charge in [0, 0.05) is 20.3 Å². The summed E-state index contributed by atoms with van der Waals surface area (Å²) in [4.78, 5) is 28.7. The van der Waals surface area contributed by atoms with Crippen molar-refractivity contribution in [3.8, 4) is 5.88 Å². The molecule has 1 aromatic heterocycles. The van der Waals surface area contributed by atoms with Crippen molar-refractivity contribution in [1.29, 1.82) is 0 Å². The van der Waals surface area contributed by atoms with Crippen LogP contribution in [0, 0.1) is 11.3 Å². The molecular formula is C21H30F3N3O4. The molecule has 0 aromatic carbocycles. The number of likely N-dealkylation sites (N-methyl/N-ethyl adjacent to an activating group) is 1. The number of hydrogen-bond acceptors (Lipinski definition) is 5. The molecule has 0 aliphatic carbocycles. The van der Waals surface area contributed by atoms with E-state index >= 15 is 0 Å². The van der Waals surface area contributed by atoms with Crippen molar-refractivity contribution in [2.75, 3.05) is 26.9 Å². The van der Waals surface area contributed by atoms with Crippen molar-refractivity contribution in [3.05, 3.63) is 23.4 Å². The summed E-state index contributed by atoms with van der Waals surface area (Å²) in [6.45, 7) is 6.85. The van der Waals surface area contributed by atoms with E-state index in [4.69, 9.17) is 9.47 Å².